The van der Waals surface area contributed by atoms with Crippen LogP contribution in [0.2, 0.25) is 0 Å². The van der Waals surface area contributed by atoms with Crippen molar-refractivity contribution in [1.29, 1.82) is 0 Å². The predicted molar refractivity (Wildman–Crippen MR) is 74.1 cm³/mol. The number of nitrogens with zero attached hydrogens (tertiary/aromatic N) is 1. The molecule has 0 aliphatic rings. The van der Waals surface area contributed by atoms with Gasteiger partial charge in [-0.25, -0.2) is 4.98 Å². The Labute approximate surface area is 106 Å². The third kappa shape index (κ3) is 4.11. The molecule has 0 radical (unpaired) electrons. The van der Waals surface area contributed by atoms with Crippen molar-refractivity contribution in [2.24, 2.45) is 0 Å². The van der Waals surface area contributed by atoms with Gasteiger partial charge in [0, 0.05) is 11.9 Å². The van der Waals surface area contributed by atoms with E-state index in [1.165, 1.54) is 5.56 Å². The minimum absolute atomic E-state index is 0.847. The van der Waals surface area contributed by atoms with E-state index in [9.17, 15) is 0 Å². The number of aryl methyl sites for hydroxylation is 1. The van der Waals surface area contributed by atoms with E-state index >= 15 is 0 Å². The number of nitrogens with two attached hydrogens (primary N) is 1. The average Bonchev–Trinajstić information content (AvgIpc) is 2.36. The molecule has 0 amide bonds. The Bertz CT molecular complexity index is 457. The molecule has 1 aromatic heterocycles. The second-order valence-electron chi connectivity index (χ2n) is 3.87. The highest BCUT2D eigenvalue weighted by molar-refractivity contribution is 7.99. The Hall–Kier alpha value is -1.48. The fourth-order valence-electron chi connectivity index (χ4n) is 1.63. The number of pyridine rings is 1. The molecule has 0 aliphatic carbocycles. The first-order valence-electron chi connectivity index (χ1n) is 5.73. The largest absolute Gasteiger partial charge is 0.399 e. The maximum absolute atomic E-state index is 5.74. The van der Waals surface area contributed by atoms with E-state index in [1.807, 2.05) is 42.6 Å². The van der Waals surface area contributed by atoms with E-state index in [-0.39, 0.29) is 0 Å². The summed E-state index contributed by atoms with van der Waals surface area (Å²) in [4.78, 5) is 4.28. The highest BCUT2D eigenvalue weighted by Gasteiger charge is 1.96. The number of hydrogen-bond acceptors (Lipinski definition) is 3. The molecular formula is C14H16N2S. The van der Waals surface area contributed by atoms with Gasteiger partial charge >= 0.3 is 0 Å². The van der Waals surface area contributed by atoms with Crippen LogP contribution in [0.15, 0.2) is 53.7 Å². The van der Waals surface area contributed by atoms with Gasteiger partial charge in [-0.15, -0.1) is 11.8 Å². The molecule has 2 nitrogen and oxygen atoms in total. The van der Waals surface area contributed by atoms with Crippen LogP contribution in [0.1, 0.15) is 12.0 Å². The van der Waals surface area contributed by atoms with Gasteiger partial charge in [0.15, 0.2) is 0 Å². The second-order valence-corrected chi connectivity index (χ2v) is 4.98. The third-order valence-corrected chi connectivity index (χ3v) is 3.48. The molecule has 0 saturated carbocycles. The maximum Gasteiger partial charge on any atom is 0.0959 e. The molecule has 0 atom stereocenters. The molecule has 0 bridgehead atoms. The van der Waals surface area contributed by atoms with Gasteiger partial charge in [0.05, 0.1) is 5.03 Å². The summed E-state index contributed by atoms with van der Waals surface area (Å²) >= 11 is 1.80. The molecule has 0 saturated heterocycles. The van der Waals surface area contributed by atoms with Crippen LogP contribution in [0.4, 0.5) is 5.69 Å². The molecular weight excluding hydrogens is 228 g/mol. The standard InChI is InChI=1S/C14H16N2S/c15-13-7-3-5-12(11-13)6-4-10-17-14-8-1-2-9-16-14/h1-3,5,7-9,11H,4,6,10,15H2. The third-order valence-electron chi connectivity index (χ3n) is 2.45. The fraction of sp³-hybridized carbons (Fsp3) is 0.214. The summed E-state index contributed by atoms with van der Waals surface area (Å²) in [6, 6.07) is 14.1. The molecule has 0 spiro atoms. The zero-order chi connectivity index (χ0) is 11.9. The van der Waals surface area contributed by atoms with Gasteiger partial charge < -0.3 is 5.73 Å². The van der Waals surface area contributed by atoms with Gasteiger partial charge in [-0.3, -0.25) is 0 Å². The van der Waals surface area contributed by atoms with Crippen LogP contribution in [0.5, 0.6) is 0 Å². The van der Waals surface area contributed by atoms with Crippen molar-refractivity contribution in [2.45, 2.75) is 17.9 Å². The zero-order valence-corrected chi connectivity index (χ0v) is 10.5. The fourth-order valence-corrected chi connectivity index (χ4v) is 2.44. The van der Waals surface area contributed by atoms with Crippen molar-refractivity contribution in [3.8, 4) is 0 Å². The Morgan fingerprint density at radius 3 is 2.82 bits per heavy atom. The molecule has 88 valence electrons. The Kier molecular flexibility index (Phi) is 4.45. The minimum atomic E-state index is 0.847. The number of anilines is 1. The molecule has 2 rings (SSSR count). The Morgan fingerprint density at radius 1 is 1.12 bits per heavy atom. The topological polar surface area (TPSA) is 38.9 Å². The lowest BCUT2D eigenvalue weighted by molar-refractivity contribution is 0.931. The molecule has 2 aromatic rings. The van der Waals surface area contributed by atoms with Crippen molar-refractivity contribution in [1.82, 2.24) is 4.98 Å². The molecule has 0 fully saturated rings. The molecule has 17 heavy (non-hydrogen) atoms. The first-order chi connectivity index (χ1) is 8.34. The molecule has 2 N–H and O–H groups in total. The lowest BCUT2D eigenvalue weighted by atomic mass is 10.1. The number of hydrogen-bond donors (Lipinski definition) is 1. The number of rotatable bonds is 5. The van der Waals surface area contributed by atoms with Crippen molar-refractivity contribution >= 4 is 17.4 Å². The van der Waals surface area contributed by atoms with Gasteiger partial charge in [-0.1, -0.05) is 18.2 Å². The monoisotopic (exact) mass is 244 g/mol. The summed E-state index contributed by atoms with van der Waals surface area (Å²) in [5, 5.41) is 1.10. The van der Waals surface area contributed by atoms with E-state index in [1.54, 1.807) is 11.8 Å². The first-order valence-corrected chi connectivity index (χ1v) is 6.71. The maximum atomic E-state index is 5.74. The van der Waals surface area contributed by atoms with E-state index in [2.05, 4.69) is 11.1 Å². The van der Waals surface area contributed by atoms with Gasteiger partial charge in [-0.05, 0) is 48.4 Å². The van der Waals surface area contributed by atoms with Crippen molar-refractivity contribution in [3.05, 3.63) is 54.2 Å². The molecule has 0 aliphatic heterocycles. The second kappa shape index (κ2) is 6.30. The number of benzene rings is 1. The zero-order valence-electron chi connectivity index (χ0n) is 9.67. The van der Waals surface area contributed by atoms with Crippen LogP contribution in [0, 0.1) is 0 Å². The highest BCUT2D eigenvalue weighted by atomic mass is 32.2. The van der Waals surface area contributed by atoms with E-state index < -0.39 is 0 Å². The minimum Gasteiger partial charge on any atom is -0.399 e. The average molecular weight is 244 g/mol. The predicted octanol–water partition coefficient (Wildman–Crippen LogP) is 3.39. The van der Waals surface area contributed by atoms with Crippen molar-refractivity contribution < 1.29 is 0 Å². The summed E-state index contributed by atoms with van der Waals surface area (Å²) in [6.07, 6.45) is 4.05. The lowest BCUT2D eigenvalue weighted by Gasteiger charge is -2.02. The van der Waals surface area contributed by atoms with Crippen molar-refractivity contribution in [3.63, 3.8) is 0 Å². The quantitative estimate of drug-likeness (QED) is 0.498. The molecule has 3 heteroatoms. The Balaban J connectivity index is 1.73. The van der Waals surface area contributed by atoms with Crippen LogP contribution < -0.4 is 5.73 Å². The summed E-state index contributed by atoms with van der Waals surface area (Å²) in [5.41, 5.74) is 7.90. The van der Waals surface area contributed by atoms with Gasteiger partial charge in [0.2, 0.25) is 0 Å². The molecule has 1 aromatic carbocycles. The summed E-state index contributed by atoms with van der Waals surface area (Å²) in [6.45, 7) is 0. The number of thioether (sulfide) groups is 1. The number of aromatic nitrogens is 1. The van der Waals surface area contributed by atoms with E-state index in [0.29, 0.717) is 0 Å². The van der Waals surface area contributed by atoms with Crippen LogP contribution in [0.25, 0.3) is 0 Å². The van der Waals surface area contributed by atoms with Crippen LogP contribution in [-0.4, -0.2) is 10.7 Å². The SMILES string of the molecule is Nc1cccc(CCCSc2ccccn2)c1. The van der Waals surface area contributed by atoms with Crippen LogP contribution in [0.3, 0.4) is 0 Å². The van der Waals surface area contributed by atoms with Gasteiger partial charge in [0.1, 0.15) is 0 Å². The molecule has 0 unspecified atom stereocenters. The lowest BCUT2D eigenvalue weighted by Crippen LogP contribution is -1.91. The van der Waals surface area contributed by atoms with Gasteiger partial charge in [-0.2, -0.15) is 0 Å². The normalized spacial score (nSPS) is 10.4. The summed E-state index contributed by atoms with van der Waals surface area (Å²) in [7, 11) is 0. The van der Waals surface area contributed by atoms with Crippen molar-refractivity contribution in [2.75, 3.05) is 11.5 Å². The Morgan fingerprint density at radius 2 is 2.06 bits per heavy atom. The van der Waals surface area contributed by atoms with Crippen LogP contribution in [-0.2, 0) is 6.42 Å². The molecule has 1 heterocycles. The summed E-state index contributed by atoms with van der Waals surface area (Å²) in [5.74, 6) is 1.09. The smallest absolute Gasteiger partial charge is 0.0959 e. The highest BCUT2D eigenvalue weighted by Crippen LogP contribution is 2.17. The van der Waals surface area contributed by atoms with E-state index in [4.69, 9.17) is 5.73 Å². The van der Waals surface area contributed by atoms with E-state index in [0.717, 1.165) is 29.3 Å². The number of nitrogen functional groups attached to an aromatic ring is 1. The summed E-state index contributed by atoms with van der Waals surface area (Å²) < 4.78 is 0. The van der Waals surface area contributed by atoms with Gasteiger partial charge in [0.25, 0.3) is 0 Å². The first kappa shape index (κ1) is 12.0. The van der Waals surface area contributed by atoms with Crippen LogP contribution >= 0.6 is 11.8 Å².